The molecule has 2 aromatic carbocycles. The van der Waals surface area contributed by atoms with Crippen LogP contribution in [0.15, 0.2) is 42.5 Å². The molecule has 0 aliphatic carbocycles. The first-order valence-electron chi connectivity index (χ1n) is 7.40. The fourth-order valence-corrected chi connectivity index (χ4v) is 3.20. The van der Waals surface area contributed by atoms with Crippen LogP contribution >= 0.6 is 0 Å². The van der Waals surface area contributed by atoms with Gasteiger partial charge in [-0.05, 0) is 42.0 Å². The lowest BCUT2D eigenvalue weighted by Gasteiger charge is -2.33. The predicted octanol–water partition coefficient (Wildman–Crippen LogP) is 3.41. The van der Waals surface area contributed by atoms with E-state index in [0.29, 0.717) is 6.54 Å². The maximum absolute atomic E-state index is 5.86. The molecule has 0 radical (unpaired) electrons. The average Bonchev–Trinajstić information content (AvgIpc) is 2.49. The lowest BCUT2D eigenvalue weighted by molar-refractivity contribution is 0.687. The minimum absolute atomic E-state index is 0.623. The molecule has 20 heavy (non-hydrogen) atoms. The first-order chi connectivity index (χ1) is 9.79. The van der Waals surface area contributed by atoms with Crippen molar-refractivity contribution in [1.29, 1.82) is 0 Å². The van der Waals surface area contributed by atoms with Crippen LogP contribution < -0.4 is 10.6 Å². The zero-order valence-electron chi connectivity index (χ0n) is 12.1. The van der Waals surface area contributed by atoms with Gasteiger partial charge in [0.25, 0.3) is 0 Å². The van der Waals surface area contributed by atoms with Crippen LogP contribution in [0.1, 0.15) is 28.7 Å². The van der Waals surface area contributed by atoms with Crippen LogP contribution in [-0.4, -0.2) is 6.54 Å². The van der Waals surface area contributed by atoms with Crippen molar-refractivity contribution < 1.29 is 0 Å². The van der Waals surface area contributed by atoms with Gasteiger partial charge in [0.15, 0.2) is 0 Å². The lowest BCUT2D eigenvalue weighted by Crippen LogP contribution is -2.30. The fourth-order valence-electron chi connectivity index (χ4n) is 3.20. The first-order valence-corrected chi connectivity index (χ1v) is 7.40. The molecule has 0 saturated heterocycles. The van der Waals surface area contributed by atoms with E-state index in [1.165, 1.54) is 40.8 Å². The Morgan fingerprint density at radius 3 is 2.65 bits per heavy atom. The highest BCUT2D eigenvalue weighted by molar-refractivity contribution is 5.63. The molecule has 2 aromatic rings. The fraction of sp³-hybridized carbons (Fsp3) is 0.333. The summed E-state index contributed by atoms with van der Waals surface area (Å²) in [4.78, 5) is 2.52. The van der Waals surface area contributed by atoms with Crippen LogP contribution in [-0.2, 0) is 19.5 Å². The molecule has 0 amide bonds. The Hall–Kier alpha value is -1.80. The smallest absolute Gasteiger partial charge is 0.0434 e. The van der Waals surface area contributed by atoms with E-state index in [0.717, 1.165) is 13.1 Å². The van der Waals surface area contributed by atoms with Gasteiger partial charge in [0, 0.05) is 25.3 Å². The number of nitrogens with zero attached hydrogens (tertiary/aromatic N) is 1. The number of rotatable bonds is 3. The molecule has 1 aliphatic rings. The van der Waals surface area contributed by atoms with Crippen LogP contribution in [0.25, 0.3) is 0 Å². The Morgan fingerprint density at radius 1 is 1.10 bits per heavy atom. The standard InChI is InChI=1S/C18H22N2/c1-14-17(12-19)10-9-16-8-5-11-20(18(14)16)13-15-6-3-2-4-7-15/h2-4,6-7,9-10H,5,8,11-13,19H2,1H3. The lowest BCUT2D eigenvalue weighted by atomic mass is 9.94. The van der Waals surface area contributed by atoms with E-state index in [1.807, 2.05) is 0 Å². The van der Waals surface area contributed by atoms with Crippen molar-refractivity contribution in [2.24, 2.45) is 5.73 Å². The molecule has 1 heterocycles. The van der Waals surface area contributed by atoms with Crippen molar-refractivity contribution in [2.75, 3.05) is 11.4 Å². The first kappa shape index (κ1) is 13.2. The predicted molar refractivity (Wildman–Crippen MR) is 84.9 cm³/mol. The second kappa shape index (κ2) is 5.68. The third-order valence-electron chi connectivity index (χ3n) is 4.25. The molecule has 2 N–H and O–H groups in total. The van der Waals surface area contributed by atoms with Gasteiger partial charge in [0.05, 0.1) is 0 Å². The number of anilines is 1. The Balaban J connectivity index is 1.96. The Kier molecular flexibility index (Phi) is 3.75. The van der Waals surface area contributed by atoms with Gasteiger partial charge in [-0.3, -0.25) is 0 Å². The van der Waals surface area contributed by atoms with Crippen LogP contribution in [0.4, 0.5) is 5.69 Å². The molecule has 104 valence electrons. The van der Waals surface area contributed by atoms with Gasteiger partial charge >= 0.3 is 0 Å². The second-order valence-electron chi connectivity index (χ2n) is 5.57. The van der Waals surface area contributed by atoms with Crippen LogP contribution in [0.5, 0.6) is 0 Å². The number of hydrogen-bond donors (Lipinski definition) is 1. The minimum atomic E-state index is 0.623. The maximum Gasteiger partial charge on any atom is 0.0434 e. The molecule has 2 nitrogen and oxygen atoms in total. The molecular formula is C18H22N2. The van der Waals surface area contributed by atoms with Crippen molar-refractivity contribution >= 4 is 5.69 Å². The summed E-state index contributed by atoms with van der Waals surface area (Å²) in [5, 5.41) is 0. The summed E-state index contributed by atoms with van der Waals surface area (Å²) in [5.41, 5.74) is 12.8. The van der Waals surface area contributed by atoms with Crippen LogP contribution in [0.3, 0.4) is 0 Å². The Morgan fingerprint density at radius 2 is 1.90 bits per heavy atom. The van der Waals surface area contributed by atoms with Gasteiger partial charge in [0.1, 0.15) is 0 Å². The third kappa shape index (κ3) is 2.44. The largest absolute Gasteiger partial charge is 0.367 e. The van der Waals surface area contributed by atoms with E-state index in [4.69, 9.17) is 5.73 Å². The SMILES string of the molecule is Cc1c(CN)ccc2c1N(Cc1ccccc1)CCC2. The van der Waals surface area contributed by atoms with Crippen molar-refractivity contribution in [1.82, 2.24) is 0 Å². The quantitative estimate of drug-likeness (QED) is 0.922. The van der Waals surface area contributed by atoms with Crippen LogP contribution in [0.2, 0.25) is 0 Å². The van der Waals surface area contributed by atoms with Gasteiger partial charge in [0.2, 0.25) is 0 Å². The zero-order valence-corrected chi connectivity index (χ0v) is 12.1. The highest BCUT2D eigenvalue weighted by Gasteiger charge is 2.20. The molecule has 3 rings (SSSR count). The number of benzene rings is 2. The highest BCUT2D eigenvalue weighted by atomic mass is 15.1. The molecule has 1 aliphatic heterocycles. The molecule has 0 aromatic heterocycles. The topological polar surface area (TPSA) is 29.3 Å². The summed E-state index contributed by atoms with van der Waals surface area (Å²) in [6.45, 7) is 4.96. The third-order valence-corrected chi connectivity index (χ3v) is 4.25. The number of fused-ring (bicyclic) bond motifs is 1. The van der Waals surface area contributed by atoms with E-state index in [1.54, 1.807) is 0 Å². The second-order valence-corrected chi connectivity index (χ2v) is 5.57. The van der Waals surface area contributed by atoms with Gasteiger partial charge in [-0.1, -0.05) is 42.5 Å². The van der Waals surface area contributed by atoms with Gasteiger partial charge in [-0.25, -0.2) is 0 Å². The minimum Gasteiger partial charge on any atom is -0.367 e. The molecule has 0 saturated carbocycles. The maximum atomic E-state index is 5.86. The summed E-state index contributed by atoms with van der Waals surface area (Å²) < 4.78 is 0. The molecule has 0 fully saturated rings. The Bertz CT molecular complexity index is 590. The molecular weight excluding hydrogens is 244 g/mol. The van der Waals surface area contributed by atoms with Crippen molar-refractivity contribution in [2.45, 2.75) is 32.9 Å². The summed E-state index contributed by atoms with van der Waals surface area (Å²) in [6, 6.07) is 15.2. The van der Waals surface area contributed by atoms with E-state index in [2.05, 4.69) is 54.3 Å². The zero-order chi connectivity index (χ0) is 13.9. The molecule has 0 spiro atoms. The summed E-state index contributed by atoms with van der Waals surface area (Å²) in [7, 11) is 0. The van der Waals surface area contributed by atoms with Gasteiger partial charge in [-0.15, -0.1) is 0 Å². The van der Waals surface area contributed by atoms with Crippen molar-refractivity contribution in [3.63, 3.8) is 0 Å². The summed E-state index contributed by atoms with van der Waals surface area (Å²) in [6.07, 6.45) is 2.42. The normalized spacial score (nSPS) is 14.2. The summed E-state index contributed by atoms with van der Waals surface area (Å²) >= 11 is 0. The summed E-state index contributed by atoms with van der Waals surface area (Å²) in [5.74, 6) is 0. The molecule has 0 atom stereocenters. The van der Waals surface area contributed by atoms with Crippen molar-refractivity contribution in [3.8, 4) is 0 Å². The number of nitrogens with two attached hydrogens (primary N) is 1. The van der Waals surface area contributed by atoms with E-state index >= 15 is 0 Å². The molecule has 2 heteroatoms. The van der Waals surface area contributed by atoms with Crippen LogP contribution in [0, 0.1) is 6.92 Å². The van der Waals surface area contributed by atoms with E-state index < -0.39 is 0 Å². The highest BCUT2D eigenvalue weighted by Crippen LogP contribution is 2.33. The monoisotopic (exact) mass is 266 g/mol. The van der Waals surface area contributed by atoms with Crippen molar-refractivity contribution in [3.05, 3.63) is 64.7 Å². The molecule has 0 unspecified atom stereocenters. The van der Waals surface area contributed by atoms with E-state index in [-0.39, 0.29) is 0 Å². The number of aryl methyl sites for hydroxylation is 1. The van der Waals surface area contributed by atoms with E-state index in [9.17, 15) is 0 Å². The van der Waals surface area contributed by atoms with Gasteiger partial charge < -0.3 is 10.6 Å². The number of hydrogen-bond acceptors (Lipinski definition) is 2. The Labute approximate surface area is 121 Å². The average molecular weight is 266 g/mol. The molecule has 0 bridgehead atoms. The van der Waals surface area contributed by atoms with Gasteiger partial charge in [-0.2, -0.15) is 0 Å².